The Bertz CT molecular complexity index is 928. The van der Waals surface area contributed by atoms with E-state index >= 15 is 0 Å². The Morgan fingerprint density at radius 2 is 1.78 bits per heavy atom. The van der Waals surface area contributed by atoms with Crippen LogP contribution in [0.3, 0.4) is 0 Å². The smallest absolute Gasteiger partial charge is 0.139 e. The Labute approximate surface area is 136 Å². The Morgan fingerprint density at radius 1 is 1.04 bits per heavy atom. The van der Waals surface area contributed by atoms with Crippen LogP contribution in [0.1, 0.15) is 5.01 Å². The number of aromatic hydroxyl groups is 1. The molecule has 1 aliphatic rings. The first kappa shape index (κ1) is 13.8. The number of aliphatic hydroxyl groups is 1. The molecule has 0 spiro atoms. The van der Waals surface area contributed by atoms with Crippen molar-refractivity contribution in [1.82, 2.24) is 4.98 Å². The van der Waals surface area contributed by atoms with Crippen molar-refractivity contribution in [2.24, 2.45) is 0 Å². The van der Waals surface area contributed by atoms with Crippen LogP contribution in [0.25, 0.3) is 15.8 Å². The van der Waals surface area contributed by atoms with Crippen LogP contribution in [0.15, 0.2) is 54.3 Å². The summed E-state index contributed by atoms with van der Waals surface area (Å²) in [4.78, 5) is 6.09. The number of anilines is 1. The zero-order valence-electron chi connectivity index (χ0n) is 12.0. The van der Waals surface area contributed by atoms with Crippen LogP contribution < -0.4 is 4.90 Å². The van der Waals surface area contributed by atoms with Crippen LogP contribution in [0.5, 0.6) is 5.75 Å². The molecule has 0 unspecified atom stereocenters. The fourth-order valence-corrected chi connectivity index (χ4v) is 3.72. The molecule has 2 aromatic carbocycles. The number of phenolic OH excluding ortho intramolecular Hbond substituents is 1. The standard InChI is InChI=1S/C17H13N3O2S/c18-16-15(17-19-10-5-1-4-8-14(10)23-17)13(22)9-20(16)11-6-2-3-7-12(11)21/h1-8,18,21-22H,9H2. The molecule has 5 nitrogen and oxygen atoms in total. The summed E-state index contributed by atoms with van der Waals surface area (Å²) in [6.45, 7) is 0.154. The summed E-state index contributed by atoms with van der Waals surface area (Å²) in [5, 5.41) is 29.4. The number of nitrogens with one attached hydrogen (secondary N) is 1. The van der Waals surface area contributed by atoms with Gasteiger partial charge in [0.1, 0.15) is 22.4 Å². The lowest BCUT2D eigenvalue weighted by molar-refractivity contribution is 0.411. The third-order valence-corrected chi connectivity index (χ3v) is 4.84. The molecule has 6 heteroatoms. The van der Waals surface area contributed by atoms with Crippen molar-refractivity contribution in [1.29, 1.82) is 5.41 Å². The fraction of sp³-hybridized carbons (Fsp3) is 0.0588. The van der Waals surface area contributed by atoms with Gasteiger partial charge in [-0.2, -0.15) is 0 Å². The number of aromatic nitrogens is 1. The van der Waals surface area contributed by atoms with Gasteiger partial charge in [0.25, 0.3) is 0 Å². The van der Waals surface area contributed by atoms with Gasteiger partial charge in [-0.25, -0.2) is 4.98 Å². The van der Waals surface area contributed by atoms with E-state index < -0.39 is 0 Å². The number of aliphatic hydroxyl groups excluding tert-OH is 1. The SMILES string of the molecule is N=C1C(c2nc3ccccc3s2)=C(O)CN1c1ccccc1O. The van der Waals surface area contributed by atoms with E-state index in [9.17, 15) is 10.2 Å². The molecule has 114 valence electrons. The molecular weight excluding hydrogens is 310 g/mol. The second-order valence-corrected chi connectivity index (χ2v) is 6.26. The fourth-order valence-electron chi connectivity index (χ4n) is 2.68. The Hall–Kier alpha value is -2.86. The number of thiazole rings is 1. The molecule has 4 rings (SSSR count). The summed E-state index contributed by atoms with van der Waals surface area (Å²) >= 11 is 1.44. The highest BCUT2D eigenvalue weighted by atomic mass is 32.1. The van der Waals surface area contributed by atoms with E-state index in [-0.39, 0.29) is 23.9 Å². The lowest BCUT2D eigenvalue weighted by Gasteiger charge is -2.19. The summed E-state index contributed by atoms with van der Waals surface area (Å²) < 4.78 is 1.01. The van der Waals surface area contributed by atoms with Crippen molar-refractivity contribution in [3.8, 4) is 5.75 Å². The monoisotopic (exact) mass is 323 g/mol. The van der Waals surface area contributed by atoms with E-state index in [0.29, 0.717) is 16.3 Å². The molecule has 0 amide bonds. The largest absolute Gasteiger partial charge is 0.510 e. The second-order valence-electron chi connectivity index (χ2n) is 5.23. The number of hydrogen-bond acceptors (Lipinski definition) is 5. The maximum absolute atomic E-state index is 10.3. The molecule has 2 heterocycles. The van der Waals surface area contributed by atoms with Gasteiger partial charge in [-0.15, -0.1) is 11.3 Å². The van der Waals surface area contributed by atoms with Gasteiger partial charge in [-0.3, -0.25) is 5.41 Å². The quantitative estimate of drug-likeness (QED) is 0.670. The van der Waals surface area contributed by atoms with Crippen LogP contribution in [-0.4, -0.2) is 27.6 Å². The van der Waals surface area contributed by atoms with Crippen molar-refractivity contribution in [2.75, 3.05) is 11.4 Å². The maximum Gasteiger partial charge on any atom is 0.139 e. The zero-order valence-corrected chi connectivity index (χ0v) is 12.8. The van der Waals surface area contributed by atoms with E-state index in [0.717, 1.165) is 10.2 Å². The number of amidine groups is 1. The number of nitrogens with zero attached hydrogens (tertiary/aromatic N) is 2. The minimum Gasteiger partial charge on any atom is -0.510 e. The first-order valence-corrected chi connectivity index (χ1v) is 7.89. The molecular formula is C17H13N3O2S. The van der Waals surface area contributed by atoms with Gasteiger partial charge in [0.15, 0.2) is 0 Å². The van der Waals surface area contributed by atoms with Crippen LogP contribution >= 0.6 is 11.3 Å². The van der Waals surface area contributed by atoms with Crippen molar-refractivity contribution >= 4 is 38.6 Å². The Balaban J connectivity index is 1.76. The number of benzene rings is 2. The molecule has 1 aliphatic heterocycles. The Kier molecular flexibility index (Phi) is 3.06. The average Bonchev–Trinajstić information content (AvgIpc) is 3.08. The Morgan fingerprint density at radius 3 is 2.57 bits per heavy atom. The molecule has 0 saturated carbocycles. The highest BCUT2D eigenvalue weighted by molar-refractivity contribution is 7.19. The van der Waals surface area contributed by atoms with E-state index in [4.69, 9.17) is 5.41 Å². The van der Waals surface area contributed by atoms with Crippen LogP contribution in [-0.2, 0) is 0 Å². The van der Waals surface area contributed by atoms with E-state index in [1.807, 2.05) is 24.3 Å². The summed E-state index contributed by atoms with van der Waals surface area (Å²) in [5.41, 5.74) is 1.77. The van der Waals surface area contributed by atoms with Crippen molar-refractivity contribution < 1.29 is 10.2 Å². The third-order valence-electron chi connectivity index (χ3n) is 3.78. The molecule has 23 heavy (non-hydrogen) atoms. The van der Waals surface area contributed by atoms with E-state index in [2.05, 4.69) is 4.98 Å². The minimum atomic E-state index is 0.0793. The molecule has 0 fully saturated rings. The van der Waals surface area contributed by atoms with Crippen LogP contribution in [0.2, 0.25) is 0 Å². The molecule has 3 aromatic rings. The molecule has 0 saturated heterocycles. The molecule has 1 aromatic heterocycles. The first-order valence-electron chi connectivity index (χ1n) is 7.07. The van der Waals surface area contributed by atoms with E-state index in [1.54, 1.807) is 29.2 Å². The van der Waals surface area contributed by atoms with Gasteiger partial charge >= 0.3 is 0 Å². The van der Waals surface area contributed by atoms with Gasteiger partial charge in [0, 0.05) is 0 Å². The van der Waals surface area contributed by atoms with Gasteiger partial charge in [0.2, 0.25) is 0 Å². The van der Waals surface area contributed by atoms with Crippen molar-refractivity contribution in [2.45, 2.75) is 0 Å². The number of fused-ring (bicyclic) bond motifs is 1. The van der Waals surface area contributed by atoms with Crippen LogP contribution in [0.4, 0.5) is 5.69 Å². The van der Waals surface area contributed by atoms with Crippen molar-refractivity contribution in [3.05, 3.63) is 59.3 Å². The lowest BCUT2D eigenvalue weighted by Crippen LogP contribution is -2.26. The van der Waals surface area contributed by atoms with Gasteiger partial charge in [-0.05, 0) is 24.3 Å². The second kappa shape index (κ2) is 5.10. The third kappa shape index (κ3) is 2.15. The normalized spacial score (nSPS) is 15.0. The molecule has 3 N–H and O–H groups in total. The summed E-state index contributed by atoms with van der Waals surface area (Å²) in [5.74, 6) is 0.316. The lowest BCUT2D eigenvalue weighted by atomic mass is 10.2. The highest BCUT2D eigenvalue weighted by Crippen LogP contribution is 2.37. The van der Waals surface area contributed by atoms with Gasteiger partial charge in [0.05, 0.1) is 28.0 Å². The minimum absolute atomic E-state index is 0.0793. The topological polar surface area (TPSA) is 80.4 Å². The predicted octanol–water partition coefficient (Wildman–Crippen LogP) is 3.77. The van der Waals surface area contributed by atoms with Gasteiger partial charge in [-0.1, -0.05) is 24.3 Å². The van der Waals surface area contributed by atoms with Gasteiger partial charge < -0.3 is 15.1 Å². The maximum atomic E-state index is 10.3. The summed E-state index contributed by atoms with van der Waals surface area (Å²) in [6, 6.07) is 14.5. The summed E-state index contributed by atoms with van der Waals surface area (Å²) in [7, 11) is 0. The molecule has 0 radical (unpaired) electrons. The number of rotatable bonds is 2. The summed E-state index contributed by atoms with van der Waals surface area (Å²) in [6.07, 6.45) is 0. The van der Waals surface area contributed by atoms with E-state index in [1.165, 1.54) is 11.3 Å². The predicted molar refractivity (Wildman–Crippen MR) is 92.3 cm³/mol. The van der Waals surface area contributed by atoms with Crippen LogP contribution in [0, 0.1) is 5.41 Å². The number of para-hydroxylation sites is 3. The number of phenols is 1. The molecule has 0 atom stereocenters. The zero-order chi connectivity index (χ0) is 16.0. The average molecular weight is 323 g/mol. The number of hydrogen-bond donors (Lipinski definition) is 3. The molecule has 0 bridgehead atoms. The highest BCUT2D eigenvalue weighted by Gasteiger charge is 2.32. The molecule has 0 aliphatic carbocycles. The van der Waals surface area contributed by atoms with Crippen molar-refractivity contribution in [3.63, 3.8) is 0 Å². The first-order chi connectivity index (χ1) is 11.1.